The summed E-state index contributed by atoms with van der Waals surface area (Å²) in [6, 6.07) is 7.54. The number of rotatable bonds is 5. The number of carbonyl (C=O) groups excluding carboxylic acids is 2. The van der Waals surface area contributed by atoms with Crippen LogP contribution in [0.4, 0.5) is 0 Å². The lowest BCUT2D eigenvalue weighted by molar-refractivity contribution is -0.133. The van der Waals surface area contributed by atoms with Gasteiger partial charge in [0.15, 0.2) is 9.84 Å². The van der Waals surface area contributed by atoms with Gasteiger partial charge < -0.3 is 5.32 Å². The number of benzene rings is 1. The Bertz CT molecular complexity index is 848. The minimum absolute atomic E-state index is 0.0644. The lowest BCUT2D eigenvalue weighted by atomic mass is 10.1. The number of sulfone groups is 1. The molecule has 7 nitrogen and oxygen atoms in total. The molecule has 0 radical (unpaired) electrons. The summed E-state index contributed by atoms with van der Waals surface area (Å²) < 4.78 is 23.3. The number of hydrogen-bond acceptors (Lipinski definition) is 5. The first-order valence-electron chi connectivity index (χ1n) is 8.78. The van der Waals surface area contributed by atoms with Crippen molar-refractivity contribution in [2.75, 3.05) is 18.1 Å². The number of nitrogens with one attached hydrogen (secondary N) is 1. The van der Waals surface area contributed by atoms with Crippen molar-refractivity contribution < 1.29 is 18.0 Å². The molecule has 0 bridgehead atoms. The van der Waals surface area contributed by atoms with Gasteiger partial charge in [0, 0.05) is 19.4 Å². The van der Waals surface area contributed by atoms with Gasteiger partial charge in [0.05, 0.1) is 17.5 Å². The summed E-state index contributed by atoms with van der Waals surface area (Å²) in [5, 5.41) is 8.23. The van der Waals surface area contributed by atoms with Crippen LogP contribution in [0.2, 0.25) is 0 Å². The fourth-order valence-corrected chi connectivity index (χ4v) is 4.98. The minimum atomic E-state index is -3.12. The van der Waals surface area contributed by atoms with E-state index in [1.54, 1.807) is 0 Å². The topological polar surface area (TPSA) is 95.9 Å². The Morgan fingerprint density at radius 2 is 2.08 bits per heavy atom. The van der Waals surface area contributed by atoms with E-state index in [0.29, 0.717) is 18.7 Å². The molecule has 2 amide bonds. The Morgan fingerprint density at radius 3 is 2.77 bits per heavy atom. The summed E-state index contributed by atoms with van der Waals surface area (Å²) in [6.45, 7) is 2.51. The maximum atomic E-state index is 12.4. The molecule has 0 saturated carbocycles. The first-order chi connectivity index (χ1) is 12.4. The maximum Gasteiger partial charge on any atom is 0.267 e. The van der Waals surface area contributed by atoms with Gasteiger partial charge in [0.25, 0.3) is 5.91 Å². The molecule has 1 saturated heterocycles. The summed E-state index contributed by atoms with van der Waals surface area (Å²) >= 11 is 0. The third kappa shape index (κ3) is 4.30. The lowest BCUT2D eigenvalue weighted by Gasteiger charge is -2.27. The van der Waals surface area contributed by atoms with Gasteiger partial charge in [0.2, 0.25) is 5.91 Å². The SMILES string of the molecule is Cc1ccccc1CCNC(=O)C1=NN([C@H]2CCS(=O)(=O)C2)C(=O)CC1. The van der Waals surface area contributed by atoms with Crippen LogP contribution in [0.3, 0.4) is 0 Å². The van der Waals surface area contributed by atoms with E-state index in [0.717, 1.165) is 6.42 Å². The number of aryl methyl sites for hydroxylation is 1. The van der Waals surface area contributed by atoms with E-state index in [1.165, 1.54) is 16.1 Å². The minimum Gasteiger partial charge on any atom is -0.351 e. The van der Waals surface area contributed by atoms with Gasteiger partial charge in [-0.1, -0.05) is 24.3 Å². The molecular weight excluding hydrogens is 354 g/mol. The zero-order chi connectivity index (χ0) is 18.7. The van der Waals surface area contributed by atoms with Crippen LogP contribution in [0.1, 0.15) is 30.4 Å². The van der Waals surface area contributed by atoms with Gasteiger partial charge in [-0.25, -0.2) is 13.4 Å². The average molecular weight is 377 g/mol. The second kappa shape index (κ2) is 7.57. The first kappa shape index (κ1) is 18.6. The number of hydrogen-bond donors (Lipinski definition) is 1. The Hall–Kier alpha value is -2.22. The molecule has 3 rings (SSSR count). The Balaban J connectivity index is 1.60. The molecule has 26 heavy (non-hydrogen) atoms. The molecule has 140 valence electrons. The fraction of sp³-hybridized carbons (Fsp3) is 0.500. The Morgan fingerprint density at radius 1 is 1.31 bits per heavy atom. The smallest absolute Gasteiger partial charge is 0.267 e. The van der Waals surface area contributed by atoms with Gasteiger partial charge in [-0.15, -0.1) is 0 Å². The van der Waals surface area contributed by atoms with Crippen molar-refractivity contribution in [3.63, 3.8) is 0 Å². The molecule has 0 aromatic heterocycles. The van der Waals surface area contributed by atoms with Crippen molar-refractivity contribution in [3.8, 4) is 0 Å². The fourth-order valence-electron chi connectivity index (χ4n) is 3.29. The van der Waals surface area contributed by atoms with Crippen molar-refractivity contribution in [1.82, 2.24) is 10.3 Å². The van der Waals surface area contributed by atoms with Crippen LogP contribution in [0.5, 0.6) is 0 Å². The molecule has 1 atom stereocenters. The molecular formula is C18H23N3O4S. The van der Waals surface area contributed by atoms with E-state index in [4.69, 9.17) is 0 Å². The van der Waals surface area contributed by atoms with Gasteiger partial charge in [-0.3, -0.25) is 9.59 Å². The molecule has 2 aliphatic heterocycles. The van der Waals surface area contributed by atoms with E-state index in [2.05, 4.69) is 10.4 Å². The maximum absolute atomic E-state index is 12.4. The summed E-state index contributed by atoms with van der Waals surface area (Å²) in [5.41, 5.74) is 2.64. The standard InChI is InChI=1S/C18H23N3O4S/c1-13-4-2-3-5-14(13)8-10-19-18(23)16-6-7-17(22)21(20-16)15-9-11-26(24,25)12-15/h2-5,15H,6-12H2,1H3,(H,19,23)/t15-/m0/s1. The van der Waals surface area contributed by atoms with Crippen molar-refractivity contribution in [3.05, 3.63) is 35.4 Å². The second-order valence-corrected chi connectivity index (χ2v) is 9.00. The van der Waals surface area contributed by atoms with Gasteiger partial charge in [-0.2, -0.15) is 5.10 Å². The van der Waals surface area contributed by atoms with Crippen LogP contribution in [0.25, 0.3) is 0 Å². The third-order valence-electron chi connectivity index (χ3n) is 4.82. The quantitative estimate of drug-likeness (QED) is 0.822. The van der Waals surface area contributed by atoms with Crippen LogP contribution in [0.15, 0.2) is 29.4 Å². The van der Waals surface area contributed by atoms with Crippen LogP contribution in [0, 0.1) is 6.92 Å². The zero-order valence-electron chi connectivity index (χ0n) is 14.8. The van der Waals surface area contributed by atoms with Crippen molar-refractivity contribution in [2.24, 2.45) is 5.10 Å². The van der Waals surface area contributed by atoms with Crippen molar-refractivity contribution in [2.45, 2.75) is 38.6 Å². The highest BCUT2D eigenvalue weighted by atomic mass is 32.2. The molecule has 2 aliphatic rings. The van der Waals surface area contributed by atoms with Crippen LogP contribution in [-0.4, -0.2) is 55.0 Å². The molecule has 1 fully saturated rings. The molecule has 8 heteroatoms. The van der Waals surface area contributed by atoms with E-state index in [9.17, 15) is 18.0 Å². The lowest BCUT2D eigenvalue weighted by Crippen LogP contribution is -2.44. The first-order valence-corrected chi connectivity index (χ1v) is 10.6. The van der Waals surface area contributed by atoms with Crippen molar-refractivity contribution >= 4 is 27.4 Å². The summed E-state index contributed by atoms with van der Waals surface area (Å²) in [6.07, 6.45) is 1.56. The van der Waals surface area contributed by atoms with E-state index >= 15 is 0 Å². The van der Waals surface area contributed by atoms with E-state index < -0.39 is 15.9 Å². The van der Waals surface area contributed by atoms with Gasteiger partial charge in [-0.05, 0) is 30.9 Å². The number of nitrogens with zero attached hydrogens (tertiary/aromatic N) is 2. The van der Waals surface area contributed by atoms with Crippen molar-refractivity contribution in [1.29, 1.82) is 0 Å². The molecule has 0 aliphatic carbocycles. The van der Waals surface area contributed by atoms with Crippen LogP contribution in [-0.2, 0) is 25.8 Å². The monoisotopic (exact) mass is 377 g/mol. The Kier molecular flexibility index (Phi) is 5.41. The molecule has 2 heterocycles. The largest absolute Gasteiger partial charge is 0.351 e. The molecule has 1 aromatic carbocycles. The summed E-state index contributed by atoms with van der Waals surface area (Å²) in [4.78, 5) is 24.5. The zero-order valence-corrected chi connectivity index (χ0v) is 15.6. The highest BCUT2D eigenvalue weighted by molar-refractivity contribution is 7.91. The average Bonchev–Trinajstić information content (AvgIpc) is 2.96. The highest BCUT2D eigenvalue weighted by Gasteiger charge is 2.37. The van der Waals surface area contributed by atoms with Crippen LogP contribution >= 0.6 is 0 Å². The number of amides is 2. The number of hydrazone groups is 1. The molecule has 1 aromatic rings. The normalized spacial score (nSPS) is 22.2. The molecule has 0 spiro atoms. The van der Waals surface area contributed by atoms with E-state index in [1.807, 2.05) is 31.2 Å². The summed E-state index contributed by atoms with van der Waals surface area (Å²) in [5.74, 6) is -0.528. The predicted molar refractivity (Wildman–Crippen MR) is 98.5 cm³/mol. The Labute approximate surface area is 153 Å². The highest BCUT2D eigenvalue weighted by Crippen LogP contribution is 2.22. The third-order valence-corrected chi connectivity index (χ3v) is 6.57. The second-order valence-electron chi connectivity index (χ2n) is 6.77. The van der Waals surface area contributed by atoms with Gasteiger partial charge in [0.1, 0.15) is 5.71 Å². The summed E-state index contributed by atoms with van der Waals surface area (Å²) in [7, 11) is -3.12. The molecule has 0 unspecified atom stereocenters. The molecule has 1 N–H and O–H groups in total. The van der Waals surface area contributed by atoms with Gasteiger partial charge >= 0.3 is 0 Å². The van der Waals surface area contributed by atoms with E-state index in [-0.39, 0.29) is 36.2 Å². The van der Waals surface area contributed by atoms with Crippen LogP contribution < -0.4 is 5.32 Å². The number of carbonyl (C=O) groups is 2. The predicted octanol–water partition coefficient (Wildman–Crippen LogP) is 0.819.